The number of hydrogen-bond acceptors (Lipinski definition) is 6. The number of para-hydroxylation sites is 2. The minimum Gasteiger partial charge on any atom is -0.493 e. The van der Waals surface area contributed by atoms with Crippen molar-refractivity contribution in [2.24, 2.45) is 0 Å². The second kappa shape index (κ2) is 11.9. The van der Waals surface area contributed by atoms with E-state index in [4.69, 9.17) is 18.9 Å². The molecule has 0 unspecified atom stereocenters. The highest BCUT2D eigenvalue weighted by Crippen LogP contribution is 2.39. The van der Waals surface area contributed by atoms with Crippen molar-refractivity contribution in [2.75, 3.05) is 40.2 Å². The summed E-state index contributed by atoms with van der Waals surface area (Å²) in [6.07, 6.45) is 0.746. The van der Waals surface area contributed by atoms with E-state index in [1.165, 1.54) is 5.56 Å². The number of nitrogens with zero attached hydrogens (tertiary/aromatic N) is 1. The van der Waals surface area contributed by atoms with Crippen molar-refractivity contribution in [3.05, 3.63) is 83.4 Å². The molecule has 4 rings (SSSR count). The summed E-state index contributed by atoms with van der Waals surface area (Å²) < 4.78 is 22.7. The zero-order chi connectivity index (χ0) is 24.6. The Bertz CT molecular complexity index is 1140. The first-order valence-corrected chi connectivity index (χ1v) is 12.7. The third-order valence-corrected chi connectivity index (χ3v) is 7.11. The van der Waals surface area contributed by atoms with Crippen molar-refractivity contribution in [3.8, 4) is 23.0 Å². The lowest BCUT2D eigenvalue weighted by molar-refractivity contribution is -0.132. The molecule has 1 atom stereocenters. The highest BCUT2D eigenvalue weighted by molar-refractivity contribution is 7.99. The van der Waals surface area contributed by atoms with Crippen LogP contribution in [0.1, 0.15) is 22.7 Å². The number of carbonyl (C=O) groups excluding carboxylic acids is 1. The number of benzene rings is 3. The molecule has 1 amide bonds. The van der Waals surface area contributed by atoms with Gasteiger partial charge in [-0.05, 0) is 47.4 Å². The van der Waals surface area contributed by atoms with Crippen LogP contribution in [0.15, 0.2) is 66.7 Å². The Morgan fingerprint density at radius 3 is 2.26 bits per heavy atom. The first kappa shape index (κ1) is 24.8. The van der Waals surface area contributed by atoms with Gasteiger partial charge in [0.1, 0.15) is 6.61 Å². The molecule has 0 spiro atoms. The predicted octanol–water partition coefficient (Wildman–Crippen LogP) is 5.15. The number of amides is 1. The van der Waals surface area contributed by atoms with Crippen LogP contribution in [-0.2, 0) is 17.0 Å². The van der Waals surface area contributed by atoms with Crippen LogP contribution in [-0.4, -0.2) is 51.0 Å². The highest BCUT2D eigenvalue weighted by Gasteiger charge is 2.33. The van der Waals surface area contributed by atoms with E-state index in [2.05, 4.69) is 12.1 Å². The maximum atomic E-state index is 13.4. The summed E-state index contributed by atoms with van der Waals surface area (Å²) in [6.45, 7) is 0.922. The molecule has 1 heterocycles. The standard InChI is InChI=1S/C28H31NO5S/c1-31-24-11-7-8-12-25(24)34-17-23-22-16-27(33-3)26(32-2)15-21(22)13-14-29(23)28(30)19-35-18-20-9-5-4-6-10-20/h4-12,15-16,23H,13-14,17-19H2,1-3H3/t23-/m0/s1. The van der Waals surface area contributed by atoms with Gasteiger partial charge < -0.3 is 23.8 Å². The van der Waals surface area contributed by atoms with Gasteiger partial charge in [-0.15, -0.1) is 11.8 Å². The average molecular weight is 494 g/mol. The summed E-state index contributed by atoms with van der Waals surface area (Å²) >= 11 is 1.63. The monoisotopic (exact) mass is 493 g/mol. The molecule has 0 saturated heterocycles. The first-order valence-electron chi connectivity index (χ1n) is 11.6. The molecule has 184 valence electrons. The van der Waals surface area contributed by atoms with Crippen molar-refractivity contribution >= 4 is 17.7 Å². The molecule has 0 aromatic heterocycles. The number of methoxy groups -OCH3 is 3. The molecule has 1 aliphatic rings. The Kier molecular flexibility index (Phi) is 8.42. The molecule has 35 heavy (non-hydrogen) atoms. The summed E-state index contributed by atoms with van der Waals surface area (Å²) in [5.74, 6) is 3.93. The number of ether oxygens (including phenoxy) is 4. The molecular weight excluding hydrogens is 462 g/mol. The third-order valence-electron chi connectivity index (χ3n) is 6.13. The fourth-order valence-electron chi connectivity index (χ4n) is 4.33. The van der Waals surface area contributed by atoms with E-state index in [1.54, 1.807) is 33.1 Å². The molecule has 3 aromatic rings. The Labute approximate surface area is 211 Å². The minimum atomic E-state index is -0.256. The van der Waals surface area contributed by atoms with E-state index in [0.717, 1.165) is 23.3 Å². The van der Waals surface area contributed by atoms with Crippen molar-refractivity contribution in [2.45, 2.75) is 18.2 Å². The quantitative estimate of drug-likeness (QED) is 0.389. The molecule has 6 nitrogen and oxygen atoms in total. The predicted molar refractivity (Wildman–Crippen MR) is 139 cm³/mol. The summed E-state index contributed by atoms with van der Waals surface area (Å²) in [7, 11) is 4.88. The van der Waals surface area contributed by atoms with Crippen molar-refractivity contribution < 1.29 is 23.7 Å². The second-order valence-electron chi connectivity index (χ2n) is 8.20. The van der Waals surface area contributed by atoms with Gasteiger partial charge in [0.2, 0.25) is 5.91 Å². The summed E-state index contributed by atoms with van der Waals surface area (Å²) in [6, 6.07) is 21.5. The number of carbonyl (C=O) groups is 1. The lowest BCUT2D eigenvalue weighted by Crippen LogP contribution is -2.43. The molecular formula is C28H31NO5S. The van der Waals surface area contributed by atoms with E-state index in [1.807, 2.05) is 59.5 Å². The molecule has 3 aromatic carbocycles. The molecule has 0 saturated carbocycles. The smallest absolute Gasteiger partial charge is 0.233 e. The van der Waals surface area contributed by atoms with E-state index >= 15 is 0 Å². The zero-order valence-electron chi connectivity index (χ0n) is 20.4. The molecule has 0 fully saturated rings. The zero-order valence-corrected chi connectivity index (χ0v) is 21.2. The fraction of sp³-hybridized carbons (Fsp3) is 0.321. The topological polar surface area (TPSA) is 57.2 Å². The van der Waals surface area contributed by atoms with Crippen LogP contribution in [0.4, 0.5) is 0 Å². The van der Waals surface area contributed by atoms with Crippen LogP contribution in [0.5, 0.6) is 23.0 Å². The van der Waals surface area contributed by atoms with Gasteiger partial charge in [0.05, 0.1) is 33.1 Å². The Hall–Kier alpha value is -3.32. The SMILES string of the molecule is COc1cc2c(cc1OC)[C@H](COc1ccccc1OC)N(C(=O)CSCc1ccccc1)CC2. The highest BCUT2D eigenvalue weighted by atomic mass is 32.2. The number of fused-ring (bicyclic) bond motifs is 1. The number of rotatable bonds is 10. The second-order valence-corrected chi connectivity index (χ2v) is 9.18. The van der Waals surface area contributed by atoms with E-state index < -0.39 is 0 Å². The van der Waals surface area contributed by atoms with Gasteiger partial charge in [-0.25, -0.2) is 0 Å². The van der Waals surface area contributed by atoms with E-state index in [9.17, 15) is 4.79 Å². The van der Waals surface area contributed by atoms with Crippen molar-refractivity contribution in [1.82, 2.24) is 4.90 Å². The minimum absolute atomic E-state index is 0.0972. The van der Waals surface area contributed by atoms with Gasteiger partial charge in [-0.1, -0.05) is 42.5 Å². The van der Waals surface area contributed by atoms with Crippen LogP contribution < -0.4 is 18.9 Å². The Balaban J connectivity index is 1.56. The van der Waals surface area contributed by atoms with Gasteiger partial charge in [0.15, 0.2) is 23.0 Å². The van der Waals surface area contributed by atoms with Crippen LogP contribution in [0, 0.1) is 0 Å². The molecule has 1 aliphatic heterocycles. The average Bonchev–Trinajstić information content (AvgIpc) is 2.91. The van der Waals surface area contributed by atoms with Crippen LogP contribution in [0.2, 0.25) is 0 Å². The molecule has 0 bridgehead atoms. The fourth-order valence-corrected chi connectivity index (χ4v) is 5.20. The van der Waals surface area contributed by atoms with E-state index in [0.29, 0.717) is 41.9 Å². The summed E-state index contributed by atoms with van der Waals surface area (Å²) in [5, 5.41) is 0. The first-order chi connectivity index (χ1) is 17.1. The van der Waals surface area contributed by atoms with Gasteiger partial charge >= 0.3 is 0 Å². The molecule has 0 radical (unpaired) electrons. The van der Waals surface area contributed by atoms with Gasteiger partial charge in [-0.3, -0.25) is 4.79 Å². The lowest BCUT2D eigenvalue weighted by atomic mass is 9.92. The van der Waals surface area contributed by atoms with Crippen molar-refractivity contribution in [3.63, 3.8) is 0 Å². The Morgan fingerprint density at radius 1 is 0.886 bits per heavy atom. The largest absolute Gasteiger partial charge is 0.493 e. The maximum absolute atomic E-state index is 13.4. The van der Waals surface area contributed by atoms with E-state index in [-0.39, 0.29) is 11.9 Å². The summed E-state index contributed by atoms with van der Waals surface area (Å²) in [4.78, 5) is 15.3. The summed E-state index contributed by atoms with van der Waals surface area (Å²) in [5.41, 5.74) is 3.37. The normalized spacial score (nSPS) is 14.7. The third kappa shape index (κ3) is 5.85. The molecule has 0 aliphatic carbocycles. The maximum Gasteiger partial charge on any atom is 0.233 e. The Morgan fingerprint density at radius 2 is 1.54 bits per heavy atom. The van der Waals surface area contributed by atoms with Crippen LogP contribution >= 0.6 is 11.8 Å². The number of thioether (sulfide) groups is 1. The van der Waals surface area contributed by atoms with Gasteiger partial charge in [-0.2, -0.15) is 0 Å². The van der Waals surface area contributed by atoms with Gasteiger partial charge in [0, 0.05) is 12.3 Å². The van der Waals surface area contributed by atoms with Crippen molar-refractivity contribution in [1.29, 1.82) is 0 Å². The lowest BCUT2D eigenvalue weighted by Gasteiger charge is -2.37. The van der Waals surface area contributed by atoms with Gasteiger partial charge in [0.25, 0.3) is 0 Å². The number of hydrogen-bond donors (Lipinski definition) is 0. The van der Waals surface area contributed by atoms with Crippen LogP contribution in [0.3, 0.4) is 0 Å². The molecule has 7 heteroatoms. The molecule has 0 N–H and O–H groups in total. The van der Waals surface area contributed by atoms with Crippen LogP contribution in [0.25, 0.3) is 0 Å².